The average molecular weight is 476 g/mol. The number of benzene rings is 3. The highest BCUT2D eigenvalue weighted by Gasteiger charge is 2.18. The number of nitrogens with zero attached hydrogens (tertiary/aromatic N) is 3. The van der Waals surface area contributed by atoms with Crippen LogP contribution in [-0.2, 0) is 12.0 Å². The summed E-state index contributed by atoms with van der Waals surface area (Å²) in [5.74, 6) is 0.0988. The summed E-state index contributed by atoms with van der Waals surface area (Å²) in [5.41, 5.74) is 2.56. The average Bonchev–Trinajstić information content (AvgIpc) is 3.08. The number of carbonyl (C=O) groups is 1. The fourth-order valence-corrected chi connectivity index (χ4v) is 3.90. The van der Waals surface area contributed by atoms with Gasteiger partial charge in [-0.1, -0.05) is 74.8 Å². The molecule has 3 aromatic carbocycles. The Labute approximate surface area is 203 Å². The third-order valence-corrected chi connectivity index (χ3v) is 5.90. The Morgan fingerprint density at radius 2 is 1.68 bits per heavy atom. The molecule has 1 amide bonds. The first-order valence-electron chi connectivity index (χ1n) is 11.0. The Morgan fingerprint density at radius 3 is 2.38 bits per heavy atom. The Morgan fingerprint density at radius 1 is 1.00 bits per heavy atom. The van der Waals surface area contributed by atoms with Crippen molar-refractivity contribution in [3.63, 3.8) is 0 Å². The molecule has 0 bridgehead atoms. The molecule has 0 aliphatic heterocycles. The molecule has 1 aromatic heterocycles. The molecule has 0 radical (unpaired) electrons. The van der Waals surface area contributed by atoms with Gasteiger partial charge < -0.3 is 14.4 Å². The molecule has 0 unspecified atom stereocenters. The lowest BCUT2D eigenvalue weighted by atomic mass is 9.87. The number of halogens is 1. The first-order chi connectivity index (χ1) is 16.3. The summed E-state index contributed by atoms with van der Waals surface area (Å²) in [4.78, 5) is 12.5. The van der Waals surface area contributed by atoms with Gasteiger partial charge in [0, 0.05) is 5.39 Å². The normalized spacial score (nSPS) is 11.9. The molecule has 1 N–H and O–H groups in total. The quantitative estimate of drug-likeness (QED) is 0.297. The van der Waals surface area contributed by atoms with Crippen molar-refractivity contribution in [1.82, 2.24) is 4.57 Å². The Bertz CT molecular complexity index is 1350. The number of amides is 1. The van der Waals surface area contributed by atoms with E-state index in [4.69, 9.17) is 16.3 Å². The van der Waals surface area contributed by atoms with Crippen LogP contribution in [0, 0.1) is 0 Å². The van der Waals surface area contributed by atoms with Crippen LogP contribution in [0.2, 0.25) is 5.02 Å². The number of carbonyl (C=O) groups excluding carboxylic acids is 1. The number of aromatic hydroxyl groups is 1. The number of azo groups is 1. The predicted octanol–water partition coefficient (Wildman–Crippen LogP) is 7.30. The molecule has 4 rings (SSSR count). The summed E-state index contributed by atoms with van der Waals surface area (Å²) in [6, 6.07) is 22.1. The molecule has 7 heteroatoms. The molecule has 0 aliphatic carbocycles. The zero-order valence-corrected chi connectivity index (χ0v) is 20.1. The summed E-state index contributed by atoms with van der Waals surface area (Å²) < 4.78 is 7.61. The summed E-state index contributed by atoms with van der Waals surface area (Å²) >= 11 is 6.08. The standard InChI is InChI=1S/C27H26ClN3O3/c1-27(2,3)18-12-14-19(15-13-18)34-17-16-31-23-11-7-5-9-21(23)24(26(31)33)29-30-25(32)20-8-4-6-10-22(20)28/h4-15,33H,16-17H2,1-3H3. The fourth-order valence-electron chi connectivity index (χ4n) is 3.69. The molecule has 0 saturated carbocycles. The maximum atomic E-state index is 12.5. The number of ether oxygens (including phenoxy) is 1. The number of fused-ring (bicyclic) bond motifs is 1. The smallest absolute Gasteiger partial charge is 0.296 e. The van der Waals surface area contributed by atoms with Gasteiger partial charge in [-0.2, -0.15) is 0 Å². The summed E-state index contributed by atoms with van der Waals surface area (Å²) in [6.45, 7) is 7.23. The zero-order chi connectivity index (χ0) is 24.3. The van der Waals surface area contributed by atoms with Crippen LogP contribution in [0.4, 0.5) is 5.69 Å². The molecule has 0 aliphatic rings. The highest BCUT2D eigenvalue weighted by Crippen LogP contribution is 2.39. The van der Waals surface area contributed by atoms with Crippen molar-refractivity contribution in [2.24, 2.45) is 10.2 Å². The molecule has 0 spiro atoms. The van der Waals surface area contributed by atoms with E-state index in [-0.39, 0.29) is 22.5 Å². The highest BCUT2D eigenvalue weighted by molar-refractivity contribution is 6.33. The largest absolute Gasteiger partial charge is 0.493 e. The van der Waals surface area contributed by atoms with Crippen LogP contribution in [0.3, 0.4) is 0 Å². The molecule has 34 heavy (non-hydrogen) atoms. The van der Waals surface area contributed by atoms with E-state index in [9.17, 15) is 9.90 Å². The first-order valence-corrected chi connectivity index (χ1v) is 11.4. The van der Waals surface area contributed by atoms with Crippen molar-refractivity contribution in [2.45, 2.75) is 32.7 Å². The Balaban J connectivity index is 1.53. The second kappa shape index (κ2) is 9.69. The second-order valence-corrected chi connectivity index (χ2v) is 9.36. The van der Waals surface area contributed by atoms with E-state index in [1.807, 2.05) is 36.4 Å². The number of rotatable bonds is 6. The molecular weight excluding hydrogens is 450 g/mol. The van der Waals surface area contributed by atoms with Gasteiger partial charge in [0.05, 0.1) is 22.6 Å². The zero-order valence-electron chi connectivity index (χ0n) is 19.3. The summed E-state index contributed by atoms with van der Waals surface area (Å²) in [5, 5.41) is 19.8. The van der Waals surface area contributed by atoms with Crippen LogP contribution in [0.25, 0.3) is 10.9 Å². The first kappa shape index (κ1) is 23.5. The lowest BCUT2D eigenvalue weighted by molar-refractivity contribution is 0.0995. The summed E-state index contributed by atoms with van der Waals surface area (Å²) in [7, 11) is 0. The molecule has 0 fully saturated rings. The minimum absolute atomic E-state index is 0.0759. The van der Waals surface area contributed by atoms with E-state index in [1.54, 1.807) is 28.8 Å². The molecule has 1 heterocycles. The van der Waals surface area contributed by atoms with Gasteiger partial charge in [0.25, 0.3) is 5.91 Å². The van der Waals surface area contributed by atoms with Crippen molar-refractivity contribution in [3.8, 4) is 11.6 Å². The van der Waals surface area contributed by atoms with Crippen LogP contribution < -0.4 is 4.74 Å². The van der Waals surface area contributed by atoms with Gasteiger partial charge in [-0.15, -0.1) is 10.2 Å². The predicted molar refractivity (Wildman–Crippen MR) is 135 cm³/mol. The minimum Gasteiger partial charge on any atom is -0.493 e. The fraction of sp³-hybridized carbons (Fsp3) is 0.222. The van der Waals surface area contributed by atoms with E-state index in [0.29, 0.717) is 23.6 Å². The molecule has 4 aromatic rings. The van der Waals surface area contributed by atoms with Crippen molar-refractivity contribution in [2.75, 3.05) is 6.61 Å². The van der Waals surface area contributed by atoms with Crippen LogP contribution >= 0.6 is 11.6 Å². The maximum absolute atomic E-state index is 12.5. The van der Waals surface area contributed by atoms with Gasteiger partial charge in [0.15, 0.2) is 5.69 Å². The van der Waals surface area contributed by atoms with Crippen LogP contribution in [0.15, 0.2) is 83.0 Å². The van der Waals surface area contributed by atoms with E-state index < -0.39 is 5.91 Å². The number of aromatic nitrogens is 1. The van der Waals surface area contributed by atoms with Crippen LogP contribution in [-0.4, -0.2) is 22.2 Å². The van der Waals surface area contributed by atoms with Crippen molar-refractivity contribution < 1.29 is 14.6 Å². The molecular formula is C27H26ClN3O3. The number of hydrogen-bond donors (Lipinski definition) is 1. The van der Waals surface area contributed by atoms with E-state index >= 15 is 0 Å². The second-order valence-electron chi connectivity index (χ2n) is 8.95. The SMILES string of the molecule is CC(C)(C)c1ccc(OCCn2c(O)c(N=NC(=O)c3ccccc3Cl)c3ccccc32)cc1. The lowest BCUT2D eigenvalue weighted by Gasteiger charge is -2.19. The van der Waals surface area contributed by atoms with Crippen LogP contribution in [0.1, 0.15) is 36.7 Å². The van der Waals surface area contributed by atoms with E-state index in [0.717, 1.165) is 11.3 Å². The van der Waals surface area contributed by atoms with E-state index in [2.05, 4.69) is 43.1 Å². The molecule has 174 valence electrons. The lowest BCUT2D eigenvalue weighted by Crippen LogP contribution is -2.11. The van der Waals surface area contributed by atoms with Crippen LogP contribution in [0.5, 0.6) is 11.6 Å². The van der Waals surface area contributed by atoms with Gasteiger partial charge in [-0.3, -0.25) is 4.79 Å². The highest BCUT2D eigenvalue weighted by atomic mass is 35.5. The van der Waals surface area contributed by atoms with Gasteiger partial charge in [-0.05, 0) is 41.3 Å². The minimum atomic E-state index is -0.580. The summed E-state index contributed by atoms with van der Waals surface area (Å²) in [6.07, 6.45) is 0. The third-order valence-electron chi connectivity index (χ3n) is 5.57. The molecule has 6 nitrogen and oxygen atoms in total. The van der Waals surface area contributed by atoms with Gasteiger partial charge in [0.1, 0.15) is 12.4 Å². The van der Waals surface area contributed by atoms with Crippen molar-refractivity contribution in [1.29, 1.82) is 0 Å². The number of hydrogen-bond acceptors (Lipinski definition) is 4. The molecule has 0 saturated heterocycles. The third kappa shape index (κ3) is 4.97. The van der Waals surface area contributed by atoms with Gasteiger partial charge in [-0.25, -0.2) is 0 Å². The van der Waals surface area contributed by atoms with Gasteiger partial charge in [0.2, 0.25) is 5.88 Å². The van der Waals surface area contributed by atoms with Crippen molar-refractivity contribution >= 4 is 34.1 Å². The Kier molecular flexibility index (Phi) is 6.70. The topological polar surface area (TPSA) is 76.2 Å². The monoisotopic (exact) mass is 475 g/mol. The Hall–Kier alpha value is -3.64. The van der Waals surface area contributed by atoms with Gasteiger partial charge >= 0.3 is 0 Å². The maximum Gasteiger partial charge on any atom is 0.296 e. The van der Waals surface area contributed by atoms with E-state index in [1.165, 1.54) is 5.56 Å². The molecule has 0 atom stereocenters. The van der Waals surface area contributed by atoms with Crippen molar-refractivity contribution in [3.05, 3.63) is 88.9 Å². The number of para-hydroxylation sites is 1.